The molecular formula is C16H24ClO2Sn2. The predicted molar refractivity (Wildman–Crippen MR) is 97.7 cm³/mol. The Balaban J connectivity index is 0. The molecule has 2 rings (SSSR count). The molecule has 0 atom stereocenters. The fourth-order valence-electron chi connectivity index (χ4n) is 1.58. The fourth-order valence-corrected chi connectivity index (χ4v) is 7.56. The number of benzene rings is 2. The third kappa shape index (κ3) is 10.6. The number of hydrogen-bond donors (Lipinski definition) is 0. The summed E-state index contributed by atoms with van der Waals surface area (Å²) >= 11 is -1.74. The number of halogens is 1. The van der Waals surface area contributed by atoms with E-state index in [1.54, 1.807) is 3.58 Å². The van der Waals surface area contributed by atoms with Gasteiger partial charge in [-0.15, -0.1) is 0 Å². The summed E-state index contributed by atoms with van der Waals surface area (Å²) in [6, 6.07) is 21.3. The summed E-state index contributed by atoms with van der Waals surface area (Å²) in [5.41, 5.74) is 0. The van der Waals surface area contributed by atoms with Crippen molar-refractivity contribution in [2.75, 3.05) is 0 Å². The summed E-state index contributed by atoms with van der Waals surface area (Å²) in [5.74, 6) is 0. The Morgan fingerprint density at radius 2 is 1.33 bits per heavy atom. The smallest absolute Gasteiger partial charge is 0.412 e. The summed E-state index contributed by atoms with van der Waals surface area (Å²) in [5, 5.41) is 0. The van der Waals surface area contributed by atoms with E-state index in [2.05, 4.69) is 68.4 Å². The monoisotopic (exact) mass is 523 g/mol. The summed E-state index contributed by atoms with van der Waals surface area (Å²) in [6.45, 7) is 4.45. The van der Waals surface area contributed by atoms with E-state index in [-0.39, 0.29) is 32.1 Å². The molecule has 0 amide bonds. The molecule has 21 heavy (non-hydrogen) atoms. The molecule has 0 spiro atoms. The van der Waals surface area contributed by atoms with Crippen LogP contribution >= 0.6 is 8.92 Å². The molecule has 2 aromatic carbocycles. The summed E-state index contributed by atoms with van der Waals surface area (Å²) in [4.78, 5) is 0. The Hall–Kier alpha value is 0.247. The van der Waals surface area contributed by atoms with E-state index in [9.17, 15) is 0 Å². The van der Waals surface area contributed by atoms with E-state index in [0.717, 1.165) is 0 Å². The molecule has 115 valence electrons. The minimum Gasteiger partial charge on any atom is -0.412 e. The molecular weight excluding hydrogens is 497 g/mol. The molecule has 2 nitrogen and oxygen atoms in total. The third-order valence-corrected chi connectivity index (χ3v) is 13.4. The first-order valence-electron chi connectivity index (χ1n) is 6.63. The van der Waals surface area contributed by atoms with Crippen molar-refractivity contribution in [1.29, 1.82) is 0 Å². The van der Waals surface area contributed by atoms with Crippen LogP contribution in [-0.2, 0) is 0 Å². The maximum Gasteiger partial charge on any atom is -0.412 e. The molecule has 0 fully saturated rings. The van der Waals surface area contributed by atoms with Crippen molar-refractivity contribution in [1.82, 2.24) is 0 Å². The van der Waals surface area contributed by atoms with Crippen molar-refractivity contribution >= 4 is 55.9 Å². The van der Waals surface area contributed by atoms with Gasteiger partial charge in [0, 0.05) is 0 Å². The Kier molecular flexibility index (Phi) is 17.0. The van der Waals surface area contributed by atoms with Crippen molar-refractivity contribution in [2.45, 2.75) is 22.7 Å². The maximum atomic E-state index is 6.19. The van der Waals surface area contributed by atoms with Crippen molar-refractivity contribution in [3.05, 3.63) is 60.7 Å². The van der Waals surface area contributed by atoms with Crippen LogP contribution < -0.4 is 7.16 Å². The minimum absolute atomic E-state index is 0. The molecule has 2 aromatic rings. The molecule has 0 heterocycles. The standard InChI is InChI=1S/2C6H5.2C2H5.ClH.2H2O.2Sn/c2*1-2-4-6-5-3-1;2*1-2;;;;;/h2*1-5H;2*1H2,2H3;1H;2*1H2;;/q;;;;;;;;+1/p-1. The van der Waals surface area contributed by atoms with Gasteiger partial charge in [0.25, 0.3) is 0 Å². The first-order chi connectivity index (χ1) is 9.27. The molecule has 5 heteroatoms. The summed E-state index contributed by atoms with van der Waals surface area (Å²) in [6.07, 6.45) is 0. The van der Waals surface area contributed by atoms with E-state index in [1.165, 1.54) is 12.5 Å². The molecule has 0 aliphatic heterocycles. The van der Waals surface area contributed by atoms with Crippen LogP contribution in [0, 0.1) is 0 Å². The van der Waals surface area contributed by atoms with Gasteiger partial charge in [0.05, 0.1) is 0 Å². The molecule has 0 aromatic heterocycles. The van der Waals surface area contributed by atoms with Gasteiger partial charge in [-0.1, -0.05) is 0 Å². The van der Waals surface area contributed by atoms with Crippen LogP contribution in [-0.4, -0.2) is 50.7 Å². The molecule has 0 bridgehead atoms. The van der Waals surface area contributed by atoms with Gasteiger partial charge in [-0.05, 0) is 0 Å². The van der Waals surface area contributed by atoms with Gasteiger partial charge in [0.15, 0.2) is 0 Å². The quantitative estimate of drug-likeness (QED) is 0.553. The van der Waals surface area contributed by atoms with Gasteiger partial charge in [-0.25, -0.2) is 0 Å². The van der Waals surface area contributed by atoms with Crippen LogP contribution in [0.2, 0.25) is 8.87 Å². The summed E-state index contributed by atoms with van der Waals surface area (Å²) < 4.78 is 5.62. The Labute approximate surface area is 149 Å². The van der Waals surface area contributed by atoms with E-state index >= 15 is 0 Å². The Morgan fingerprint density at radius 1 is 0.857 bits per heavy atom. The van der Waals surface area contributed by atoms with Crippen molar-refractivity contribution in [2.24, 2.45) is 0 Å². The van der Waals surface area contributed by atoms with Gasteiger partial charge < -0.3 is 11.0 Å². The Morgan fingerprint density at radius 3 is 1.76 bits per heavy atom. The van der Waals surface area contributed by atoms with Gasteiger partial charge in [0.2, 0.25) is 0 Å². The molecule has 0 saturated carbocycles. The van der Waals surface area contributed by atoms with Crippen LogP contribution in [0.1, 0.15) is 13.8 Å². The second kappa shape index (κ2) is 15.2. The third-order valence-electron chi connectivity index (χ3n) is 2.55. The normalized spacial score (nSPS) is 8.95. The minimum atomic E-state index is -1.59. The first kappa shape index (κ1) is 23.5. The van der Waals surface area contributed by atoms with Gasteiger partial charge in [-0.3, -0.25) is 0 Å². The summed E-state index contributed by atoms with van der Waals surface area (Å²) in [7, 11) is 6.19. The van der Waals surface area contributed by atoms with Gasteiger partial charge >= 0.3 is 139 Å². The average molecular weight is 521 g/mol. The topological polar surface area (TPSA) is 63.0 Å². The number of rotatable bonds is 4. The predicted octanol–water partition coefficient (Wildman–Crippen LogP) is 1.95. The molecule has 0 aliphatic rings. The average Bonchev–Trinajstić information content (AvgIpc) is 2.49. The van der Waals surface area contributed by atoms with Crippen LogP contribution in [0.3, 0.4) is 0 Å². The van der Waals surface area contributed by atoms with Crippen LogP contribution in [0.4, 0.5) is 0 Å². The molecule has 0 aliphatic carbocycles. The van der Waals surface area contributed by atoms with E-state index in [4.69, 9.17) is 8.92 Å². The van der Waals surface area contributed by atoms with E-state index in [0.29, 0.717) is 0 Å². The zero-order valence-corrected chi connectivity index (χ0v) is 19.0. The second-order valence-corrected chi connectivity index (χ2v) is 17.7. The van der Waals surface area contributed by atoms with E-state index < -0.39 is 18.6 Å². The van der Waals surface area contributed by atoms with Crippen molar-refractivity contribution in [3.8, 4) is 0 Å². The van der Waals surface area contributed by atoms with Crippen LogP contribution in [0.15, 0.2) is 60.7 Å². The van der Waals surface area contributed by atoms with Crippen molar-refractivity contribution in [3.63, 3.8) is 0 Å². The van der Waals surface area contributed by atoms with Crippen molar-refractivity contribution < 1.29 is 11.0 Å². The molecule has 4 N–H and O–H groups in total. The van der Waals surface area contributed by atoms with Crippen LogP contribution in [0.5, 0.6) is 0 Å². The molecule has 0 unspecified atom stereocenters. The fraction of sp³-hybridized carbons (Fsp3) is 0.250. The Bertz CT molecular complexity index is 441. The van der Waals surface area contributed by atoms with E-state index in [1.807, 2.05) is 6.07 Å². The number of hydrogen-bond acceptors (Lipinski definition) is 0. The SMILES string of the molecule is C[CH2][Sn]([Cl])[c]1ccccc1.C[CH2][Sn][c]1ccccc1.O.O. The zero-order chi connectivity index (χ0) is 13.9. The largest absolute Gasteiger partial charge is 0.412 e. The van der Waals surface area contributed by atoms with Gasteiger partial charge in [-0.2, -0.15) is 0 Å². The second-order valence-electron chi connectivity index (χ2n) is 4.02. The zero-order valence-electron chi connectivity index (χ0n) is 12.6. The molecule has 0 saturated heterocycles. The first-order valence-corrected chi connectivity index (χ1v) is 17.1. The van der Waals surface area contributed by atoms with Gasteiger partial charge in [0.1, 0.15) is 0 Å². The van der Waals surface area contributed by atoms with Crippen LogP contribution in [0.25, 0.3) is 0 Å². The molecule has 3 radical (unpaired) electrons. The maximum absolute atomic E-state index is 6.19.